The fraction of sp³-hybridized carbons (Fsp3) is 0.320. The molecule has 0 aliphatic carbocycles. The van der Waals surface area contributed by atoms with Gasteiger partial charge in [-0.05, 0) is 31.5 Å². The molecule has 2 aromatic heterocycles. The Labute approximate surface area is 202 Å². The minimum absolute atomic E-state index is 0.143. The maximum Gasteiger partial charge on any atom is 0.341 e. The van der Waals surface area contributed by atoms with Crippen LogP contribution in [-0.2, 0) is 9.53 Å². The molecular formula is C25H27N3O5S. The van der Waals surface area contributed by atoms with Gasteiger partial charge in [0.05, 0.1) is 19.4 Å². The zero-order valence-electron chi connectivity index (χ0n) is 19.2. The van der Waals surface area contributed by atoms with E-state index in [1.54, 1.807) is 24.0 Å². The summed E-state index contributed by atoms with van der Waals surface area (Å²) in [5.41, 5.74) is 2.07. The number of nitrogens with one attached hydrogen (secondary N) is 1. The molecule has 0 radical (unpaired) electrons. The molecule has 8 nitrogen and oxygen atoms in total. The Bertz CT molecular complexity index is 1150. The molecule has 1 N–H and O–H groups in total. The lowest BCUT2D eigenvalue weighted by atomic mass is 10.0. The van der Waals surface area contributed by atoms with Gasteiger partial charge in [0.25, 0.3) is 5.91 Å². The highest BCUT2D eigenvalue weighted by Gasteiger charge is 2.27. The second-order valence-electron chi connectivity index (χ2n) is 7.92. The van der Waals surface area contributed by atoms with Gasteiger partial charge in [0.2, 0.25) is 5.91 Å². The van der Waals surface area contributed by atoms with Gasteiger partial charge in [-0.2, -0.15) is 0 Å². The van der Waals surface area contributed by atoms with Gasteiger partial charge in [-0.1, -0.05) is 30.3 Å². The second kappa shape index (κ2) is 10.7. The number of aryl methyl sites for hydroxylation is 1. The molecular weight excluding hydrogens is 454 g/mol. The number of benzene rings is 1. The summed E-state index contributed by atoms with van der Waals surface area (Å²) in [5.74, 6) is -0.487. The molecule has 1 saturated heterocycles. The number of amides is 2. The first-order valence-electron chi connectivity index (χ1n) is 11.2. The monoisotopic (exact) mass is 481 g/mol. The van der Waals surface area contributed by atoms with Crippen LogP contribution in [0.25, 0.3) is 11.1 Å². The molecule has 178 valence electrons. The lowest BCUT2D eigenvalue weighted by Crippen LogP contribution is -2.50. The number of nitrogens with zero attached hydrogens (tertiary/aromatic N) is 2. The standard InChI is InChI=1S/C25H27N3O5S/c1-3-32-25(31)22-21(18-8-5-4-6-9-18)17(2)34-23(22)26-20(29)16-27-11-13-28(14-12-27)24(30)19-10-7-15-33-19/h4-10,15H,3,11-14,16H2,1-2H3,(H,26,29). The highest BCUT2D eigenvalue weighted by molar-refractivity contribution is 7.17. The molecule has 3 aromatic rings. The highest BCUT2D eigenvalue weighted by Crippen LogP contribution is 2.40. The zero-order valence-corrected chi connectivity index (χ0v) is 20.0. The van der Waals surface area contributed by atoms with Crippen molar-refractivity contribution in [2.75, 3.05) is 44.6 Å². The van der Waals surface area contributed by atoms with Crippen molar-refractivity contribution in [1.82, 2.24) is 9.80 Å². The summed E-state index contributed by atoms with van der Waals surface area (Å²) >= 11 is 1.37. The van der Waals surface area contributed by atoms with Crippen molar-refractivity contribution < 1.29 is 23.5 Å². The molecule has 4 rings (SSSR count). The van der Waals surface area contributed by atoms with Gasteiger partial charge in [0, 0.05) is 36.6 Å². The van der Waals surface area contributed by atoms with Crippen LogP contribution in [0.5, 0.6) is 0 Å². The molecule has 34 heavy (non-hydrogen) atoms. The van der Waals surface area contributed by atoms with Gasteiger partial charge in [-0.25, -0.2) is 4.79 Å². The van der Waals surface area contributed by atoms with E-state index in [2.05, 4.69) is 5.32 Å². The van der Waals surface area contributed by atoms with E-state index in [-0.39, 0.29) is 25.0 Å². The number of hydrogen-bond acceptors (Lipinski definition) is 7. The summed E-state index contributed by atoms with van der Waals surface area (Å²) in [7, 11) is 0. The third kappa shape index (κ3) is 5.21. The smallest absolute Gasteiger partial charge is 0.341 e. The Kier molecular flexibility index (Phi) is 7.44. The van der Waals surface area contributed by atoms with E-state index in [0.29, 0.717) is 42.5 Å². The van der Waals surface area contributed by atoms with Crippen LogP contribution in [0.1, 0.15) is 32.7 Å². The molecule has 1 aliphatic heterocycles. The Hall–Kier alpha value is -3.43. The van der Waals surface area contributed by atoms with Crippen LogP contribution in [0.15, 0.2) is 53.1 Å². The fourth-order valence-corrected chi connectivity index (χ4v) is 5.10. The van der Waals surface area contributed by atoms with E-state index in [0.717, 1.165) is 16.0 Å². The van der Waals surface area contributed by atoms with Gasteiger partial charge in [0.15, 0.2) is 5.76 Å². The summed E-state index contributed by atoms with van der Waals surface area (Å²) in [4.78, 5) is 42.8. The van der Waals surface area contributed by atoms with Gasteiger partial charge in [-0.3, -0.25) is 14.5 Å². The Balaban J connectivity index is 1.43. The maximum atomic E-state index is 12.9. The van der Waals surface area contributed by atoms with Crippen molar-refractivity contribution in [2.24, 2.45) is 0 Å². The summed E-state index contributed by atoms with van der Waals surface area (Å²) in [5, 5.41) is 3.42. The molecule has 0 spiro atoms. The fourth-order valence-electron chi connectivity index (χ4n) is 4.02. The molecule has 0 bridgehead atoms. The van der Waals surface area contributed by atoms with Gasteiger partial charge >= 0.3 is 5.97 Å². The second-order valence-corrected chi connectivity index (χ2v) is 9.14. The molecule has 9 heteroatoms. The van der Waals surface area contributed by atoms with Crippen LogP contribution < -0.4 is 5.32 Å². The predicted octanol–water partition coefficient (Wildman–Crippen LogP) is 3.89. The summed E-state index contributed by atoms with van der Waals surface area (Å²) in [6, 6.07) is 13.0. The van der Waals surface area contributed by atoms with Crippen LogP contribution in [0, 0.1) is 6.92 Å². The van der Waals surface area contributed by atoms with Crippen LogP contribution in [0.2, 0.25) is 0 Å². The number of rotatable bonds is 7. The van der Waals surface area contributed by atoms with E-state index < -0.39 is 5.97 Å². The normalized spacial score (nSPS) is 14.1. The SMILES string of the molecule is CCOC(=O)c1c(NC(=O)CN2CCN(C(=O)c3ccco3)CC2)sc(C)c1-c1ccccc1. The average molecular weight is 482 g/mol. The number of ether oxygens (including phenoxy) is 1. The highest BCUT2D eigenvalue weighted by atomic mass is 32.1. The van der Waals surface area contributed by atoms with Crippen molar-refractivity contribution in [3.8, 4) is 11.1 Å². The van der Waals surface area contributed by atoms with Crippen LogP contribution in [0.4, 0.5) is 5.00 Å². The first-order chi connectivity index (χ1) is 16.5. The topological polar surface area (TPSA) is 92.1 Å². The molecule has 1 aromatic carbocycles. The molecule has 2 amide bonds. The molecule has 3 heterocycles. The number of thiophene rings is 1. The van der Waals surface area contributed by atoms with Crippen LogP contribution >= 0.6 is 11.3 Å². The first-order valence-corrected chi connectivity index (χ1v) is 12.0. The minimum atomic E-state index is -0.453. The Morgan fingerprint density at radius 3 is 2.44 bits per heavy atom. The summed E-state index contributed by atoms with van der Waals surface area (Å²) in [6.07, 6.45) is 1.48. The molecule has 0 unspecified atom stereocenters. The molecule has 1 aliphatic rings. The predicted molar refractivity (Wildman–Crippen MR) is 130 cm³/mol. The lowest BCUT2D eigenvalue weighted by molar-refractivity contribution is -0.117. The van der Waals surface area contributed by atoms with E-state index in [1.807, 2.05) is 42.2 Å². The number of anilines is 1. The third-order valence-corrected chi connectivity index (χ3v) is 6.66. The van der Waals surface area contributed by atoms with E-state index in [4.69, 9.17) is 9.15 Å². The lowest BCUT2D eigenvalue weighted by Gasteiger charge is -2.33. The number of esters is 1. The Morgan fingerprint density at radius 2 is 1.79 bits per heavy atom. The van der Waals surface area contributed by atoms with Crippen molar-refractivity contribution in [2.45, 2.75) is 13.8 Å². The van der Waals surface area contributed by atoms with Crippen LogP contribution in [0.3, 0.4) is 0 Å². The van der Waals surface area contributed by atoms with E-state index in [9.17, 15) is 14.4 Å². The van der Waals surface area contributed by atoms with Crippen molar-refractivity contribution in [3.05, 3.63) is 64.9 Å². The third-order valence-electron chi connectivity index (χ3n) is 5.64. The van der Waals surface area contributed by atoms with Gasteiger partial charge in [-0.15, -0.1) is 11.3 Å². The number of carbonyl (C=O) groups excluding carboxylic acids is 3. The van der Waals surface area contributed by atoms with Crippen molar-refractivity contribution >= 4 is 34.1 Å². The number of furan rings is 1. The average Bonchev–Trinajstić information content (AvgIpc) is 3.48. The zero-order chi connectivity index (χ0) is 24.1. The molecule has 0 saturated carbocycles. The number of carbonyl (C=O) groups is 3. The number of piperazine rings is 1. The number of hydrogen-bond donors (Lipinski definition) is 1. The molecule has 0 atom stereocenters. The molecule has 1 fully saturated rings. The van der Waals surface area contributed by atoms with E-state index in [1.165, 1.54) is 17.6 Å². The van der Waals surface area contributed by atoms with Gasteiger partial charge < -0.3 is 19.4 Å². The minimum Gasteiger partial charge on any atom is -0.462 e. The van der Waals surface area contributed by atoms with Crippen molar-refractivity contribution in [1.29, 1.82) is 0 Å². The summed E-state index contributed by atoms with van der Waals surface area (Å²) in [6.45, 7) is 6.27. The van der Waals surface area contributed by atoms with Gasteiger partial charge in [0.1, 0.15) is 10.6 Å². The van der Waals surface area contributed by atoms with Crippen LogP contribution in [-0.4, -0.2) is 66.9 Å². The van der Waals surface area contributed by atoms with Crippen molar-refractivity contribution in [3.63, 3.8) is 0 Å². The largest absolute Gasteiger partial charge is 0.462 e. The Morgan fingerprint density at radius 1 is 1.06 bits per heavy atom. The maximum absolute atomic E-state index is 12.9. The summed E-state index contributed by atoms with van der Waals surface area (Å²) < 4.78 is 10.5. The first kappa shape index (κ1) is 23.7. The van der Waals surface area contributed by atoms with E-state index >= 15 is 0 Å². The quantitative estimate of drug-likeness (QED) is 0.515.